The van der Waals surface area contributed by atoms with Crippen LogP contribution in [0.4, 0.5) is 5.69 Å². The van der Waals surface area contributed by atoms with Gasteiger partial charge in [0, 0.05) is 31.2 Å². The maximum atomic E-state index is 13.8. The highest BCUT2D eigenvalue weighted by molar-refractivity contribution is 6.31. The molecule has 0 bridgehead atoms. The fourth-order valence-corrected chi connectivity index (χ4v) is 4.91. The number of hydrogen-bond acceptors (Lipinski definition) is 6. The van der Waals surface area contributed by atoms with Gasteiger partial charge in [-0.2, -0.15) is 0 Å². The zero-order chi connectivity index (χ0) is 24.0. The molecule has 7 nitrogen and oxygen atoms in total. The number of pyridine rings is 1. The van der Waals surface area contributed by atoms with Crippen molar-refractivity contribution in [1.29, 1.82) is 0 Å². The molecule has 1 aromatic heterocycles. The molecular formula is C26H21ClN2O5. The first kappa shape index (κ1) is 22.1. The average Bonchev–Trinajstić information content (AvgIpc) is 3.57. The molecule has 2 aliphatic rings. The van der Waals surface area contributed by atoms with Gasteiger partial charge in [-0.15, -0.1) is 0 Å². The Labute approximate surface area is 201 Å². The third kappa shape index (κ3) is 3.62. The van der Waals surface area contributed by atoms with Crippen molar-refractivity contribution in [2.45, 2.75) is 38.0 Å². The lowest BCUT2D eigenvalue weighted by Crippen LogP contribution is -2.37. The van der Waals surface area contributed by atoms with Crippen LogP contribution in [0, 0.1) is 0 Å². The molecule has 1 amide bonds. The van der Waals surface area contributed by atoms with E-state index in [1.807, 2.05) is 0 Å². The van der Waals surface area contributed by atoms with Gasteiger partial charge in [0.05, 0.1) is 5.69 Å². The summed E-state index contributed by atoms with van der Waals surface area (Å²) in [6.45, 7) is 2.66. The molecule has 34 heavy (non-hydrogen) atoms. The van der Waals surface area contributed by atoms with E-state index in [0.29, 0.717) is 39.0 Å². The van der Waals surface area contributed by atoms with Gasteiger partial charge in [-0.05, 0) is 54.2 Å². The van der Waals surface area contributed by atoms with Crippen LogP contribution in [0.25, 0.3) is 0 Å². The fraction of sp³-hybridized carbons (Fsp3) is 0.231. The van der Waals surface area contributed by atoms with Crippen molar-refractivity contribution >= 4 is 35.1 Å². The minimum absolute atomic E-state index is 0.242. The van der Waals surface area contributed by atoms with E-state index in [0.717, 1.165) is 18.4 Å². The van der Waals surface area contributed by atoms with Crippen LogP contribution >= 0.6 is 11.6 Å². The fourth-order valence-electron chi connectivity index (χ4n) is 4.61. The summed E-state index contributed by atoms with van der Waals surface area (Å²) in [7, 11) is 0. The molecule has 2 aromatic carbocycles. The highest BCUT2D eigenvalue weighted by Gasteiger charge is 2.52. The summed E-state index contributed by atoms with van der Waals surface area (Å²) in [5.41, 5.74) is 2.38. The molecular weight excluding hydrogens is 456 g/mol. The van der Waals surface area contributed by atoms with Crippen LogP contribution in [0.15, 0.2) is 54.7 Å². The number of aromatic nitrogens is 1. The normalized spacial score (nSPS) is 15.9. The Morgan fingerprint density at radius 1 is 0.941 bits per heavy atom. The Kier molecular flexibility index (Phi) is 5.37. The summed E-state index contributed by atoms with van der Waals surface area (Å²) < 4.78 is 10.4. The number of ether oxygens (including phenoxy) is 2. The Hall–Kier alpha value is -3.71. The van der Waals surface area contributed by atoms with Crippen molar-refractivity contribution in [2.75, 3.05) is 5.32 Å². The second kappa shape index (κ2) is 8.25. The standard InChI is InChI=1S/C26H21ClN2O5/c1-14(30)33-19-9-5-17(6-10-19)26(18-7-11-20(12-8-18)34-15(2)31)21-13-28-24(27)22(16-3-4-16)23(21)29-25(26)32/h5-13,16H,3-4H2,1-2H3,(H,29,32). The van der Waals surface area contributed by atoms with Crippen molar-refractivity contribution in [3.8, 4) is 11.5 Å². The lowest BCUT2D eigenvalue weighted by molar-refractivity contribution is -0.132. The van der Waals surface area contributed by atoms with Gasteiger partial charge in [-0.1, -0.05) is 35.9 Å². The average molecular weight is 477 g/mol. The maximum absolute atomic E-state index is 13.8. The number of amides is 1. The number of hydrogen-bond donors (Lipinski definition) is 1. The second-order valence-electron chi connectivity index (χ2n) is 8.47. The van der Waals surface area contributed by atoms with E-state index >= 15 is 0 Å². The lowest BCUT2D eigenvalue weighted by Gasteiger charge is -2.29. The molecule has 172 valence electrons. The van der Waals surface area contributed by atoms with Gasteiger partial charge in [0.25, 0.3) is 0 Å². The van der Waals surface area contributed by atoms with Crippen LogP contribution in [0.2, 0.25) is 5.15 Å². The number of carbonyl (C=O) groups excluding carboxylic acids is 3. The minimum Gasteiger partial charge on any atom is -0.427 e. The summed E-state index contributed by atoms with van der Waals surface area (Å²) >= 11 is 6.45. The molecule has 0 unspecified atom stereocenters. The zero-order valence-corrected chi connectivity index (χ0v) is 19.3. The van der Waals surface area contributed by atoms with Gasteiger partial charge in [0.15, 0.2) is 0 Å². The largest absolute Gasteiger partial charge is 0.427 e. The molecule has 3 aromatic rings. The first-order chi connectivity index (χ1) is 16.3. The molecule has 0 spiro atoms. The first-order valence-corrected chi connectivity index (χ1v) is 11.3. The molecule has 1 aliphatic carbocycles. The summed E-state index contributed by atoms with van der Waals surface area (Å²) in [6.07, 6.45) is 3.63. The zero-order valence-electron chi connectivity index (χ0n) is 18.6. The predicted molar refractivity (Wildman–Crippen MR) is 125 cm³/mol. The van der Waals surface area contributed by atoms with Crippen molar-refractivity contribution < 1.29 is 23.9 Å². The van der Waals surface area contributed by atoms with Gasteiger partial charge >= 0.3 is 11.9 Å². The third-order valence-electron chi connectivity index (χ3n) is 6.13. The molecule has 8 heteroatoms. The number of rotatable bonds is 5. The summed E-state index contributed by atoms with van der Waals surface area (Å²) in [6, 6.07) is 13.7. The monoisotopic (exact) mass is 476 g/mol. The van der Waals surface area contributed by atoms with Crippen LogP contribution in [0.1, 0.15) is 54.9 Å². The van der Waals surface area contributed by atoms with Gasteiger partial charge < -0.3 is 14.8 Å². The van der Waals surface area contributed by atoms with E-state index in [1.54, 1.807) is 54.7 Å². The van der Waals surface area contributed by atoms with Crippen LogP contribution in [0.3, 0.4) is 0 Å². The highest BCUT2D eigenvalue weighted by atomic mass is 35.5. The van der Waals surface area contributed by atoms with Crippen LogP contribution in [-0.4, -0.2) is 22.8 Å². The smallest absolute Gasteiger partial charge is 0.308 e. The van der Waals surface area contributed by atoms with E-state index in [1.165, 1.54) is 13.8 Å². The SMILES string of the molecule is CC(=O)Oc1ccc(C2(c3ccc(OC(C)=O)cc3)C(=O)Nc3c2cnc(Cl)c3C2CC2)cc1. The predicted octanol–water partition coefficient (Wildman–Crippen LogP) is 4.75. The number of carbonyl (C=O) groups is 3. The molecule has 0 atom stereocenters. The number of nitrogens with zero attached hydrogens (tertiary/aromatic N) is 1. The molecule has 5 rings (SSSR count). The molecule has 1 saturated carbocycles. The maximum Gasteiger partial charge on any atom is 0.308 e. The van der Waals surface area contributed by atoms with E-state index in [2.05, 4.69) is 10.3 Å². The van der Waals surface area contributed by atoms with Gasteiger partial charge in [0.2, 0.25) is 5.91 Å². The topological polar surface area (TPSA) is 94.6 Å². The van der Waals surface area contributed by atoms with E-state index < -0.39 is 17.4 Å². The second-order valence-corrected chi connectivity index (χ2v) is 8.82. The third-order valence-corrected chi connectivity index (χ3v) is 6.44. The van der Waals surface area contributed by atoms with Crippen molar-refractivity contribution in [3.63, 3.8) is 0 Å². The van der Waals surface area contributed by atoms with E-state index in [-0.39, 0.29) is 11.8 Å². The van der Waals surface area contributed by atoms with Gasteiger partial charge in [-0.25, -0.2) is 4.98 Å². The number of anilines is 1. The van der Waals surface area contributed by atoms with E-state index in [4.69, 9.17) is 21.1 Å². The van der Waals surface area contributed by atoms with Crippen LogP contribution in [0.5, 0.6) is 11.5 Å². The summed E-state index contributed by atoms with van der Waals surface area (Å²) in [5.74, 6) is -0.0789. The van der Waals surface area contributed by atoms with Crippen molar-refractivity contribution in [3.05, 3.63) is 82.1 Å². The Bertz CT molecular complexity index is 1250. The lowest BCUT2D eigenvalue weighted by atomic mass is 9.70. The van der Waals surface area contributed by atoms with Crippen molar-refractivity contribution in [2.24, 2.45) is 0 Å². The summed E-state index contributed by atoms with van der Waals surface area (Å²) in [4.78, 5) is 41.0. The number of fused-ring (bicyclic) bond motifs is 1. The van der Waals surface area contributed by atoms with Crippen LogP contribution < -0.4 is 14.8 Å². The van der Waals surface area contributed by atoms with Crippen molar-refractivity contribution in [1.82, 2.24) is 4.98 Å². The van der Waals surface area contributed by atoms with E-state index in [9.17, 15) is 14.4 Å². The Balaban J connectivity index is 1.71. The number of esters is 2. The van der Waals surface area contributed by atoms with Gasteiger partial charge in [0.1, 0.15) is 22.1 Å². The molecule has 2 heterocycles. The highest BCUT2D eigenvalue weighted by Crippen LogP contribution is 2.54. The Morgan fingerprint density at radius 2 is 1.44 bits per heavy atom. The molecule has 1 N–H and O–H groups in total. The number of nitrogens with one attached hydrogen (secondary N) is 1. The molecule has 1 fully saturated rings. The first-order valence-electron chi connectivity index (χ1n) is 10.9. The van der Waals surface area contributed by atoms with Gasteiger partial charge in [-0.3, -0.25) is 14.4 Å². The number of benzene rings is 2. The summed E-state index contributed by atoms with van der Waals surface area (Å²) in [5, 5.41) is 3.47. The number of halogens is 1. The molecule has 0 radical (unpaired) electrons. The van der Waals surface area contributed by atoms with Crippen LogP contribution in [-0.2, 0) is 19.8 Å². The molecule has 1 aliphatic heterocycles. The minimum atomic E-state index is -1.22. The molecule has 0 saturated heterocycles. The quantitative estimate of drug-likeness (QED) is 0.324. The Morgan fingerprint density at radius 3 is 1.88 bits per heavy atom.